The van der Waals surface area contributed by atoms with Crippen LogP contribution < -0.4 is 15.0 Å². The molecule has 0 fully saturated rings. The Kier molecular flexibility index (Phi) is 5.78. The first-order valence-corrected chi connectivity index (χ1v) is 9.73. The monoisotopic (exact) mass is 411 g/mol. The van der Waals surface area contributed by atoms with Crippen LogP contribution in [-0.4, -0.2) is 29.9 Å². The number of carbonyl (C=O) groups is 2. The molecule has 0 aromatic heterocycles. The SMILES string of the molecule is CC(C)CN1C(=O)C(C)(C)COc2cc(NC(=O)c3ccc([N+](=O)[O-])cc3)ccc21. The Hall–Kier alpha value is -3.42. The lowest BCUT2D eigenvalue weighted by molar-refractivity contribution is -0.384. The third-order valence-corrected chi connectivity index (χ3v) is 4.81. The number of hydrogen-bond acceptors (Lipinski definition) is 5. The molecule has 0 saturated heterocycles. The van der Waals surface area contributed by atoms with E-state index in [2.05, 4.69) is 5.32 Å². The van der Waals surface area contributed by atoms with Gasteiger partial charge in [-0.1, -0.05) is 13.8 Å². The van der Waals surface area contributed by atoms with Gasteiger partial charge in [-0.15, -0.1) is 0 Å². The Morgan fingerprint density at radius 1 is 1.23 bits per heavy atom. The average Bonchev–Trinajstić information content (AvgIpc) is 2.78. The van der Waals surface area contributed by atoms with Gasteiger partial charge in [-0.2, -0.15) is 0 Å². The number of fused-ring (bicyclic) bond motifs is 1. The van der Waals surface area contributed by atoms with Gasteiger partial charge in [-0.25, -0.2) is 0 Å². The van der Waals surface area contributed by atoms with Gasteiger partial charge in [0.25, 0.3) is 11.6 Å². The normalized spacial score (nSPS) is 15.2. The van der Waals surface area contributed by atoms with Gasteiger partial charge in [0.05, 0.1) is 16.0 Å². The fourth-order valence-electron chi connectivity index (χ4n) is 3.21. The van der Waals surface area contributed by atoms with Crippen molar-refractivity contribution in [3.05, 3.63) is 58.1 Å². The largest absolute Gasteiger partial charge is 0.490 e. The second kappa shape index (κ2) is 8.14. The molecule has 0 atom stereocenters. The van der Waals surface area contributed by atoms with Gasteiger partial charge in [0.2, 0.25) is 5.91 Å². The molecule has 8 heteroatoms. The van der Waals surface area contributed by atoms with Crippen LogP contribution in [0.1, 0.15) is 38.1 Å². The minimum Gasteiger partial charge on any atom is -0.490 e. The topological polar surface area (TPSA) is 102 Å². The molecular formula is C22H25N3O5. The summed E-state index contributed by atoms with van der Waals surface area (Å²) in [6, 6.07) is 10.5. The molecule has 8 nitrogen and oxygen atoms in total. The van der Waals surface area contributed by atoms with E-state index >= 15 is 0 Å². The second-order valence-corrected chi connectivity index (χ2v) is 8.42. The number of ether oxygens (including phenoxy) is 1. The van der Waals surface area contributed by atoms with Crippen molar-refractivity contribution in [2.45, 2.75) is 27.7 Å². The van der Waals surface area contributed by atoms with Gasteiger partial charge < -0.3 is 15.0 Å². The maximum absolute atomic E-state index is 13.0. The van der Waals surface area contributed by atoms with E-state index < -0.39 is 16.2 Å². The number of carbonyl (C=O) groups excluding carboxylic acids is 2. The Morgan fingerprint density at radius 3 is 2.50 bits per heavy atom. The molecule has 1 aliphatic rings. The van der Waals surface area contributed by atoms with Crippen LogP contribution in [0.3, 0.4) is 0 Å². The number of rotatable bonds is 5. The van der Waals surface area contributed by atoms with Crippen LogP contribution in [-0.2, 0) is 4.79 Å². The molecule has 1 aliphatic heterocycles. The van der Waals surface area contributed by atoms with Gasteiger partial charge in [-0.3, -0.25) is 19.7 Å². The minimum absolute atomic E-state index is 0.00221. The number of anilines is 2. The van der Waals surface area contributed by atoms with Crippen molar-refractivity contribution in [3.8, 4) is 5.75 Å². The standard InChI is InChI=1S/C22H25N3O5/c1-14(2)12-24-18-10-7-16(11-19(18)30-13-22(3,4)21(24)27)23-20(26)15-5-8-17(9-6-15)25(28)29/h5-11,14H,12-13H2,1-4H3,(H,23,26). The van der Waals surface area contributed by atoms with Crippen LogP contribution in [0, 0.1) is 21.4 Å². The maximum Gasteiger partial charge on any atom is 0.269 e. The van der Waals surface area contributed by atoms with Crippen molar-refractivity contribution in [2.75, 3.05) is 23.4 Å². The van der Waals surface area contributed by atoms with E-state index in [-0.39, 0.29) is 24.1 Å². The fraction of sp³-hybridized carbons (Fsp3) is 0.364. The molecule has 1 N–H and O–H groups in total. The predicted molar refractivity (Wildman–Crippen MR) is 114 cm³/mol. The molecule has 158 valence electrons. The average molecular weight is 411 g/mol. The van der Waals surface area contributed by atoms with Crippen molar-refractivity contribution in [1.82, 2.24) is 0 Å². The molecule has 2 amide bonds. The van der Waals surface area contributed by atoms with Crippen LogP contribution in [0.4, 0.5) is 17.1 Å². The highest BCUT2D eigenvalue weighted by atomic mass is 16.6. The molecule has 0 radical (unpaired) electrons. The Labute approximate surface area is 175 Å². The summed E-state index contributed by atoms with van der Waals surface area (Å²) >= 11 is 0. The molecule has 1 heterocycles. The number of amides is 2. The molecule has 0 aliphatic carbocycles. The maximum atomic E-state index is 13.0. The second-order valence-electron chi connectivity index (χ2n) is 8.42. The number of benzene rings is 2. The molecule has 3 rings (SSSR count). The summed E-state index contributed by atoms with van der Waals surface area (Å²) in [5.74, 6) is 0.403. The first-order valence-electron chi connectivity index (χ1n) is 9.73. The molecule has 2 aromatic carbocycles. The van der Waals surface area contributed by atoms with Crippen molar-refractivity contribution >= 4 is 28.9 Å². The number of nitro groups is 1. The van der Waals surface area contributed by atoms with E-state index in [9.17, 15) is 19.7 Å². The van der Waals surface area contributed by atoms with Crippen LogP contribution in [0.15, 0.2) is 42.5 Å². The zero-order valence-corrected chi connectivity index (χ0v) is 17.5. The summed E-state index contributed by atoms with van der Waals surface area (Å²) in [6.45, 7) is 8.59. The molecule has 0 unspecified atom stereocenters. The Balaban J connectivity index is 1.86. The van der Waals surface area contributed by atoms with Crippen LogP contribution in [0.25, 0.3) is 0 Å². The van der Waals surface area contributed by atoms with Crippen molar-refractivity contribution in [1.29, 1.82) is 0 Å². The number of nitrogens with one attached hydrogen (secondary N) is 1. The molecular weight excluding hydrogens is 386 g/mol. The lowest BCUT2D eigenvalue weighted by Gasteiger charge is -2.29. The van der Waals surface area contributed by atoms with Crippen molar-refractivity contribution in [2.24, 2.45) is 11.3 Å². The summed E-state index contributed by atoms with van der Waals surface area (Å²) in [4.78, 5) is 37.5. The van der Waals surface area contributed by atoms with Crippen LogP contribution >= 0.6 is 0 Å². The molecule has 0 saturated carbocycles. The minimum atomic E-state index is -0.671. The quantitative estimate of drug-likeness (QED) is 0.585. The third kappa shape index (κ3) is 4.42. The Morgan fingerprint density at radius 2 is 1.90 bits per heavy atom. The number of nitrogens with zero attached hydrogens (tertiary/aromatic N) is 2. The van der Waals surface area contributed by atoms with Crippen LogP contribution in [0.2, 0.25) is 0 Å². The van der Waals surface area contributed by atoms with Gasteiger partial charge in [0, 0.05) is 36.0 Å². The highest BCUT2D eigenvalue weighted by molar-refractivity contribution is 6.05. The summed E-state index contributed by atoms with van der Waals surface area (Å²) in [7, 11) is 0. The van der Waals surface area contributed by atoms with Gasteiger partial charge in [-0.05, 0) is 44.0 Å². The van der Waals surface area contributed by atoms with E-state index in [4.69, 9.17) is 4.74 Å². The zero-order valence-electron chi connectivity index (χ0n) is 17.5. The van der Waals surface area contributed by atoms with E-state index in [0.717, 1.165) is 0 Å². The number of non-ortho nitro benzene ring substituents is 1. The van der Waals surface area contributed by atoms with Crippen LogP contribution in [0.5, 0.6) is 5.75 Å². The highest BCUT2D eigenvalue weighted by Crippen LogP contribution is 2.38. The van der Waals surface area contributed by atoms with E-state index in [1.54, 1.807) is 23.1 Å². The summed E-state index contributed by atoms with van der Waals surface area (Å²) in [5, 5.41) is 13.5. The van der Waals surface area contributed by atoms with E-state index in [0.29, 0.717) is 29.2 Å². The lowest BCUT2D eigenvalue weighted by atomic mass is 9.92. The van der Waals surface area contributed by atoms with E-state index in [1.807, 2.05) is 27.7 Å². The zero-order chi connectivity index (χ0) is 22.1. The highest BCUT2D eigenvalue weighted by Gasteiger charge is 2.38. The van der Waals surface area contributed by atoms with Crippen molar-refractivity contribution in [3.63, 3.8) is 0 Å². The fourth-order valence-corrected chi connectivity index (χ4v) is 3.21. The lowest BCUT2D eigenvalue weighted by Crippen LogP contribution is -2.43. The predicted octanol–water partition coefficient (Wildman–Crippen LogP) is 4.25. The number of hydrogen-bond donors (Lipinski definition) is 1. The molecule has 2 aromatic rings. The number of nitro benzene ring substituents is 1. The first kappa shape index (κ1) is 21.3. The van der Waals surface area contributed by atoms with Gasteiger partial charge in [0.1, 0.15) is 12.4 Å². The van der Waals surface area contributed by atoms with Crippen molar-refractivity contribution < 1.29 is 19.2 Å². The van der Waals surface area contributed by atoms with Gasteiger partial charge >= 0.3 is 0 Å². The molecule has 30 heavy (non-hydrogen) atoms. The smallest absolute Gasteiger partial charge is 0.269 e. The molecule has 0 bridgehead atoms. The first-order chi connectivity index (χ1) is 14.1. The Bertz CT molecular complexity index is 983. The van der Waals surface area contributed by atoms with E-state index in [1.165, 1.54) is 24.3 Å². The summed E-state index contributed by atoms with van der Waals surface area (Å²) in [6.07, 6.45) is 0. The van der Waals surface area contributed by atoms with Gasteiger partial charge in [0.15, 0.2) is 0 Å². The third-order valence-electron chi connectivity index (χ3n) is 4.81. The summed E-state index contributed by atoms with van der Waals surface area (Å²) in [5.41, 5.74) is 0.730. The molecule has 0 spiro atoms. The summed E-state index contributed by atoms with van der Waals surface area (Å²) < 4.78 is 5.93.